The van der Waals surface area contributed by atoms with Crippen LogP contribution in [0.3, 0.4) is 0 Å². The molecule has 12 aromatic carbocycles. The molecule has 0 saturated carbocycles. The molecule has 0 radical (unpaired) electrons. The highest BCUT2D eigenvalue weighted by Crippen LogP contribution is 2.47. The van der Waals surface area contributed by atoms with Crippen LogP contribution in [0.4, 0.5) is 0 Å². The highest BCUT2D eigenvalue weighted by atomic mass is 15.0. The molecule has 0 spiro atoms. The van der Waals surface area contributed by atoms with Crippen molar-refractivity contribution in [3.63, 3.8) is 0 Å². The van der Waals surface area contributed by atoms with E-state index in [-0.39, 0.29) is 0 Å². The van der Waals surface area contributed by atoms with Gasteiger partial charge in [-0.3, -0.25) is 0 Å². The van der Waals surface area contributed by atoms with Crippen LogP contribution in [0.5, 0.6) is 0 Å². The van der Waals surface area contributed by atoms with Crippen molar-refractivity contribution in [1.82, 2.24) is 24.1 Å². The summed E-state index contributed by atoms with van der Waals surface area (Å²) in [5.74, 6) is 1.74. The van der Waals surface area contributed by atoms with Crippen molar-refractivity contribution < 1.29 is 0 Å². The highest BCUT2D eigenvalue weighted by molar-refractivity contribution is 6.26. The first-order valence-electron chi connectivity index (χ1n) is 27.2. The van der Waals surface area contributed by atoms with Crippen LogP contribution in [0.2, 0.25) is 0 Å². The first-order valence-corrected chi connectivity index (χ1v) is 27.2. The molecule has 5 nitrogen and oxygen atoms in total. The van der Waals surface area contributed by atoms with Crippen LogP contribution in [-0.4, -0.2) is 24.1 Å². The minimum atomic E-state index is 0.570. The highest BCUT2D eigenvalue weighted by Gasteiger charge is 2.26. The molecule has 374 valence electrons. The Bertz CT molecular complexity index is 4650. The predicted octanol–water partition coefficient (Wildman–Crippen LogP) is 19.4. The molecule has 0 aliphatic carbocycles. The Kier molecular flexibility index (Phi) is 11.4. The summed E-state index contributed by atoms with van der Waals surface area (Å²) in [6.45, 7) is 0. The molecule has 80 heavy (non-hydrogen) atoms. The number of para-hydroxylation sites is 3. The van der Waals surface area contributed by atoms with Crippen LogP contribution in [-0.2, 0) is 0 Å². The van der Waals surface area contributed by atoms with Gasteiger partial charge in [-0.05, 0) is 105 Å². The van der Waals surface area contributed by atoms with Crippen LogP contribution >= 0.6 is 0 Å². The van der Waals surface area contributed by atoms with E-state index in [9.17, 15) is 0 Å². The van der Waals surface area contributed by atoms with Gasteiger partial charge < -0.3 is 9.13 Å². The van der Waals surface area contributed by atoms with E-state index >= 15 is 0 Å². The normalized spacial score (nSPS) is 11.5. The van der Waals surface area contributed by atoms with Crippen LogP contribution < -0.4 is 0 Å². The lowest BCUT2D eigenvalue weighted by Crippen LogP contribution is -2.04. The minimum Gasteiger partial charge on any atom is -0.309 e. The summed E-state index contributed by atoms with van der Waals surface area (Å²) >= 11 is 0. The van der Waals surface area contributed by atoms with Gasteiger partial charge in [-0.1, -0.05) is 237 Å². The van der Waals surface area contributed by atoms with Crippen molar-refractivity contribution in [2.75, 3.05) is 0 Å². The number of hydrogen-bond donors (Lipinski definition) is 0. The van der Waals surface area contributed by atoms with Crippen molar-refractivity contribution in [2.24, 2.45) is 0 Å². The zero-order chi connectivity index (χ0) is 52.9. The molecule has 3 heterocycles. The maximum absolute atomic E-state index is 5.56. The Labute approximate surface area is 463 Å². The lowest BCUT2D eigenvalue weighted by atomic mass is 9.92. The molecule has 0 aliphatic rings. The van der Waals surface area contributed by atoms with E-state index in [1.165, 1.54) is 32.6 Å². The number of hydrogen-bond acceptors (Lipinski definition) is 3. The van der Waals surface area contributed by atoms with Crippen LogP contribution in [0.25, 0.3) is 145 Å². The van der Waals surface area contributed by atoms with Crippen molar-refractivity contribution >= 4 is 43.6 Å². The smallest absolute Gasteiger partial charge is 0.164 e. The largest absolute Gasteiger partial charge is 0.309 e. The Balaban J connectivity index is 1.02. The zero-order valence-electron chi connectivity index (χ0n) is 43.5. The number of rotatable bonds is 10. The maximum atomic E-state index is 5.56. The van der Waals surface area contributed by atoms with E-state index in [2.05, 4.69) is 300 Å². The number of benzene rings is 12. The van der Waals surface area contributed by atoms with E-state index in [1.54, 1.807) is 0 Å². The number of fused-ring (bicyclic) bond motifs is 7. The summed E-state index contributed by atoms with van der Waals surface area (Å²) in [4.78, 5) is 16.4. The fraction of sp³-hybridized carbons (Fsp3) is 0. The van der Waals surface area contributed by atoms with Crippen LogP contribution in [0.15, 0.2) is 297 Å². The van der Waals surface area contributed by atoms with Crippen molar-refractivity contribution in [1.29, 1.82) is 0 Å². The van der Waals surface area contributed by atoms with Gasteiger partial charge in [0.25, 0.3) is 0 Å². The molecule has 0 atom stereocenters. The molecular formula is C75H49N5. The maximum Gasteiger partial charge on any atom is 0.164 e. The van der Waals surface area contributed by atoms with Gasteiger partial charge in [0, 0.05) is 55.0 Å². The first kappa shape index (κ1) is 46.5. The standard InChI is InChI=1S/C75H49N5/c1-7-23-50(24-8-1)53-39-41-56(42-40-53)73-76-74(59-46-57(51-25-9-2-10-26-51)45-58(47-59)52-27-11-3-12-28-52)78-75(77-73)60-48-65(54-29-13-4-14-30-54)71(66(49-60)55-31-15-5-16-32-55)80-68-38-22-20-36-64(68)70-69(80)44-43-63-62-35-19-21-37-67(62)79(72(63)70)61-33-17-6-18-34-61/h1-49H. The molecule has 5 heteroatoms. The third-order valence-electron chi connectivity index (χ3n) is 15.5. The van der Waals surface area contributed by atoms with Gasteiger partial charge in [-0.25, -0.2) is 15.0 Å². The van der Waals surface area contributed by atoms with Crippen LogP contribution in [0, 0.1) is 0 Å². The fourth-order valence-corrected chi connectivity index (χ4v) is 11.8. The molecule has 3 aromatic heterocycles. The van der Waals surface area contributed by atoms with Gasteiger partial charge in [-0.2, -0.15) is 0 Å². The van der Waals surface area contributed by atoms with Gasteiger partial charge in [0.15, 0.2) is 17.5 Å². The molecule has 0 amide bonds. The second kappa shape index (κ2) is 19.7. The van der Waals surface area contributed by atoms with E-state index < -0.39 is 0 Å². The topological polar surface area (TPSA) is 48.5 Å². The fourth-order valence-electron chi connectivity index (χ4n) is 11.8. The Morgan fingerprint density at radius 2 is 0.600 bits per heavy atom. The zero-order valence-corrected chi connectivity index (χ0v) is 43.5. The van der Waals surface area contributed by atoms with E-state index in [0.29, 0.717) is 17.5 Å². The van der Waals surface area contributed by atoms with Gasteiger partial charge in [0.05, 0.1) is 27.8 Å². The summed E-state index contributed by atoms with van der Waals surface area (Å²) in [7, 11) is 0. The van der Waals surface area contributed by atoms with Gasteiger partial charge >= 0.3 is 0 Å². The quantitative estimate of drug-likeness (QED) is 0.137. The minimum absolute atomic E-state index is 0.570. The third-order valence-corrected chi connectivity index (χ3v) is 15.5. The lowest BCUT2D eigenvalue weighted by Gasteiger charge is -2.21. The molecule has 0 unspecified atom stereocenters. The van der Waals surface area contributed by atoms with Gasteiger partial charge in [0.2, 0.25) is 0 Å². The Hall–Kier alpha value is -10.8. The van der Waals surface area contributed by atoms with E-state index in [4.69, 9.17) is 15.0 Å². The number of nitrogens with zero attached hydrogens (tertiary/aromatic N) is 5. The van der Waals surface area contributed by atoms with Crippen molar-refractivity contribution in [3.05, 3.63) is 297 Å². The summed E-state index contributed by atoms with van der Waals surface area (Å²) in [5, 5.41) is 4.80. The summed E-state index contributed by atoms with van der Waals surface area (Å²) in [5.41, 5.74) is 20.3. The van der Waals surface area contributed by atoms with Crippen LogP contribution in [0.1, 0.15) is 0 Å². The lowest BCUT2D eigenvalue weighted by molar-refractivity contribution is 1.07. The molecular weight excluding hydrogens is 971 g/mol. The number of aromatic nitrogens is 5. The van der Waals surface area contributed by atoms with E-state index in [1.807, 2.05) is 6.07 Å². The van der Waals surface area contributed by atoms with Gasteiger partial charge in [0.1, 0.15) is 0 Å². The first-order chi connectivity index (χ1) is 39.7. The second-order valence-electron chi connectivity index (χ2n) is 20.3. The molecule has 0 bridgehead atoms. The molecule has 0 saturated heterocycles. The molecule has 0 N–H and O–H groups in total. The summed E-state index contributed by atoms with van der Waals surface area (Å²) in [6, 6.07) is 106. The SMILES string of the molecule is c1ccc(-c2ccc(-c3nc(-c4cc(-c5ccccc5)cc(-c5ccccc5)c4)nc(-c4cc(-c5ccccc5)c(-n5c6ccccc6c6c5ccc5c7ccccc7n(-c7ccccc7)c56)c(-c5ccccc5)c4)n3)cc2)cc1. The summed E-state index contributed by atoms with van der Waals surface area (Å²) < 4.78 is 4.96. The Morgan fingerprint density at radius 1 is 0.225 bits per heavy atom. The van der Waals surface area contributed by atoms with Gasteiger partial charge in [-0.15, -0.1) is 0 Å². The van der Waals surface area contributed by atoms with Crippen molar-refractivity contribution in [3.8, 4) is 101 Å². The second-order valence-corrected chi connectivity index (χ2v) is 20.3. The average molecular weight is 1020 g/mol. The molecule has 15 rings (SSSR count). The molecule has 15 aromatic rings. The van der Waals surface area contributed by atoms with E-state index in [0.717, 1.165) is 94.7 Å². The monoisotopic (exact) mass is 1020 g/mol. The Morgan fingerprint density at radius 3 is 1.12 bits per heavy atom. The van der Waals surface area contributed by atoms with Crippen molar-refractivity contribution in [2.45, 2.75) is 0 Å². The third kappa shape index (κ3) is 8.15. The average Bonchev–Trinajstić information content (AvgIpc) is 4.13. The predicted molar refractivity (Wildman–Crippen MR) is 332 cm³/mol. The summed E-state index contributed by atoms with van der Waals surface area (Å²) in [6.07, 6.45) is 0. The molecule has 0 aliphatic heterocycles. The molecule has 0 fully saturated rings.